The molecular formula is C63H100O9. The van der Waals surface area contributed by atoms with Crippen LogP contribution in [0.3, 0.4) is 0 Å². The molecule has 0 bridgehead atoms. The molecule has 4 N–H and O–H groups in total. The van der Waals surface area contributed by atoms with E-state index in [1.54, 1.807) is 0 Å². The Balaban J connectivity index is 2.24. The molecule has 6 atom stereocenters. The highest BCUT2D eigenvalue weighted by atomic mass is 16.7. The summed E-state index contributed by atoms with van der Waals surface area (Å²) < 4.78 is 22.9. The normalized spacial score (nSPS) is 19.9. The minimum Gasteiger partial charge on any atom is -0.457 e. The zero-order chi connectivity index (χ0) is 52.1. The second-order valence-corrected chi connectivity index (χ2v) is 18.3. The van der Waals surface area contributed by atoms with E-state index in [0.717, 1.165) is 128 Å². The molecule has 406 valence electrons. The van der Waals surface area contributed by atoms with Gasteiger partial charge in [-0.2, -0.15) is 0 Å². The van der Waals surface area contributed by atoms with Gasteiger partial charge < -0.3 is 39.4 Å². The maximum Gasteiger partial charge on any atom is 0.306 e. The van der Waals surface area contributed by atoms with Crippen LogP contribution in [0, 0.1) is 0 Å². The van der Waals surface area contributed by atoms with Crippen molar-refractivity contribution >= 4 is 5.97 Å². The fourth-order valence-corrected chi connectivity index (χ4v) is 7.50. The van der Waals surface area contributed by atoms with Crippen LogP contribution in [0.4, 0.5) is 0 Å². The fraction of sp³-hybridized carbons (Fsp3) is 0.603. The highest BCUT2D eigenvalue weighted by molar-refractivity contribution is 5.69. The van der Waals surface area contributed by atoms with Crippen molar-refractivity contribution in [2.24, 2.45) is 0 Å². The quantitative estimate of drug-likeness (QED) is 0.0267. The predicted octanol–water partition coefficient (Wildman–Crippen LogP) is 14.6. The van der Waals surface area contributed by atoms with Crippen molar-refractivity contribution in [1.29, 1.82) is 0 Å². The standard InChI is InChI=1S/C63H100O9/c1-3-5-7-9-11-13-15-17-19-21-23-25-27-29-30-32-34-36-38-40-42-44-46-48-50-52-59(65)71-57(56-70-63-62(68)61(67)60(66)58(54-64)72-63)55-69-53-51-49-47-45-43-41-39-37-35-33-31-28-26-24-22-20-18-16-14-12-10-8-6-4-2/h5-8,11-14,17-20,23-26,29-31,33,37,39,43,45,57-58,60-64,66-68H,3-4,9-10,15-16,21-22,27-28,32,34-36,38,40-42,44,46-56H2,1-2H3/b7-5-,8-6-,13-11-,14-12-,19-17-,20-18-,25-23-,26-24-,30-29-,33-31-,39-37-,45-43-. The van der Waals surface area contributed by atoms with Crippen LogP contribution in [-0.2, 0) is 23.7 Å². The van der Waals surface area contributed by atoms with Crippen molar-refractivity contribution in [3.63, 3.8) is 0 Å². The second-order valence-electron chi connectivity index (χ2n) is 18.3. The Bertz CT molecular complexity index is 1610. The largest absolute Gasteiger partial charge is 0.457 e. The van der Waals surface area contributed by atoms with Gasteiger partial charge in [-0.25, -0.2) is 0 Å². The molecule has 0 spiro atoms. The first-order valence-electron chi connectivity index (χ1n) is 27.9. The second kappa shape index (κ2) is 52.0. The molecule has 0 aliphatic carbocycles. The van der Waals surface area contributed by atoms with Crippen LogP contribution in [-0.4, -0.2) is 89.6 Å². The van der Waals surface area contributed by atoms with Gasteiger partial charge in [-0.3, -0.25) is 4.79 Å². The summed E-state index contributed by atoms with van der Waals surface area (Å²) in [7, 11) is 0. The number of unbranched alkanes of at least 4 members (excludes halogenated alkanes) is 11. The summed E-state index contributed by atoms with van der Waals surface area (Å²) in [5.74, 6) is -0.342. The van der Waals surface area contributed by atoms with E-state index in [9.17, 15) is 25.2 Å². The molecule has 1 saturated heterocycles. The average Bonchev–Trinajstić information content (AvgIpc) is 3.38. The van der Waals surface area contributed by atoms with Crippen LogP contribution in [0.5, 0.6) is 0 Å². The lowest BCUT2D eigenvalue weighted by atomic mass is 9.99. The minimum absolute atomic E-state index is 0.101. The Morgan fingerprint density at radius 2 is 0.806 bits per heavy atom. The number of carbonyl (C=O) groups is 1. The van der Waals surface area contributed by atoms with Gasteiger partial charge in [0.25, 0.3) is 0 Å². The number of carbonyl (C=O) groups excluding carboxylic acids is 1. The molecule has 0 amide bonds. The van der Waals surface area contributed by atoms with E-state index >= 15 is 0 Å². The Morgan fingerprint density at radius 1 is 0.444 bits per heavy atom. The van der Waals surface area contributed by atoms with Crippen molar-refractivity contribution in [2.75, 3.05) is 26.4 Å². The maximum atomic E-state index is 12.9. The van der Waals surface area contributed by atoms with Crippen LogP contribution in [0.2, 0.25) is 0 Å². The van der Waals surface area contributed by atoms with Gasteiger partial charge in [0.15, 0.2) is 6.29 Å². The van der Waals surface area contributed by atoms with Crippen molar-refractivity contribution in [3.8, 4) is 0 Å². The molecule has 6 unspecified atom stereocenters. The van der Waals surface area contributed by atoms with Gasteiger partial charge in [-0.05, 0) is 116 Å². The lowest BCUT2D eigenvalue weighted by Crippen LogP contribution is -2.59. The van der Waals surface area contributed by atoms with Crippen LogP contribution < -0.4 is 0 Å². The molecule has 72 heavy (non-hydrogen) atoms. The van der Waals surface area contributed by atoms with Gasteiger partial charge in [0.2, 0.25) is 0 Å². The van der Waals surface area contributed by atoms with E-state index in [4.69, 9.17) is 18.9 Å². The number of esters is 1. The molecule has 0 aromatic carbocycles. The summed E-state index contributed by atoms with van der Waals surface area (Å²) in [6.45, 7) is 4.19. The summed E-state index contributed by atoms with van der Waals surface area (Å²) in [5.41, 5.74) is 0. The smallest absolute Gasteiger partial charge is 0.306 e. The molecule has 1 heterocycles. The highest BCUT2D eigenvalue weighted by Crippen LogP contribution is 2.22. The lowest BCUT2D eigenvalue weighted by Gasteiger charge is -2.39. The number of hydrogen-bond acceptors (Lipinski definition) is 9. The van der Waals surface area contributed by atoms with Gasteiger partial charge in [-0.1, -0.05) is 205 Å². The molecule has 0 radical (unpaired) electrons. The zero-order valence-corrected chi connectivity index (χ0v) is 44.9. The first kappa shape index (κ1) is 66.1. The highest BCUT2D eigenvalue weighted by Gasteiger charge is 2.44. The first-order chi connectivity index (χ1) is 35.4. The Hall–Kier alpha value is -3.93. The predicted molar refractivity (Wildman–Crippen MR) is 301 cm³/mol. The Kier molecular flexibility index (Phi) is 47.7. The summed E-state index contributed by atoms with van der Waals surface area (Å²) >= 11 is 0. The topological polar surface area (TPSA) is 135 Å². The first-order valence-corrected chi connectivity index (χ1v) is 27.9. The van der Waals surface area contributed by atoms with Crippen molar-refractivity contribution in [3.05, 3.63) is 146 Å². The summed E-state index contributed by atoms with van der Waals surface area (Å²) in [5, 5.41) is 40.3. The molecule has 1 aliphatic rings. The van der Waals surface area contributed by atoms with Crippen LogP contribution in [0.15, 0.2) is 146 Å². The van der Waals surface area contributed by atoms with E-state index in [-0.39, 0.29) is 25.6 Å². The summed E-state index contributed by atoms with van der Waals surface area (Å²) in [4.78, 5) is 12.9. The third-order valence-electron chi connectivity index (χ3n) is 11.8. The van der Waals surface area contributed by atoms with Gasteiger partial charge in [0, 0.05) is 13.0 Å². The number of ether oxygens (including phenoxy) is 4. The van der Waals surface area contributed by atoms with Crippen LogP contribution >= 0.6 is 0 Å². The Labute approximate surface area is 438 Å². The monoisotopic (exact) mass is 1000 g/mol. The number of allylic oxidation sites excluding steroid dienone is 24. The SMILES string of the molecule is CC/C=C\C/C=C\C/C=C\C/C=C\C/C=C\C/C=C\C/C=C\CCCCOCC(COC1OC(CO)C(O)C(O)C1O)OC(=O)CCCCCCCCCCC/C=C\C/C=C\C/C=C\C/C=C\C/C=C\CC. The third-order valence-corrected chi connectivity index (χ3v) is 11.8. The van der Waals surface area contributed by atoms with E-state index < -0.39 is 43.4 Å². The molecule has 1 fully saturated rings. The van der Waals surface area contributed by atoms with E-state index in [1.807, 2.05) is 0 Å². The maximum absolute atomic E-state index is 12.9. The van der Waals surface area contributed by atoms with E-state index in [1.165, 1.54) is 32.1 Å². The lowest BCUT2D eigenvalue weighted by molar-refractivity contribution is -0.305. The molecule has 9 nitrogen and oxygen atoms in total. The van der Waals surface area contributed by atoms with E-state index in [0.29, 0.717) is 6.61 Å². The molecule has 0 aromatic heterocycles. The van der Waals surface area contributed by atoms with Crippen LogP contribution in [0.25, 0.3) is 0 Å². The summed E-state index contributed by atoms with van der Waals surface area (Å²) in [6.07, 6.45) is 71.7. The zero-order valence-electron chi connectivity index (χ0n) is 44.9. The fourth-order valence-electron chi connectivity index (χ4n) is 7.50. The van der Waals surface area contributed by atoms with Crippen molar-refractivity contribution in [1.82, 2.24) is 0 Å². The molecular weight excluding hydrogens is 901 g/mol. The van der Waals surface area contributed by atoms with E-state index in [2.05, 4.69) is 160 Å². The third kappa shape index (κ3) is 41.5. The number of hydrogen-bond donors (Lipinski definition) is 4. The van der Waals surface area contributed by atoms with Crippen molar-refractivity contribution < 1.29 is 44.2 Å². The molecule has 0 saturated carbocycles. The average molecular weight is 1000 g/mol. The molecule has 0 aromatic rings. The molecule has 1 aliphatic heterocycles. The number of aliphatic hydroxyl groups excluding tert-OH is 4. The molecule has 1 rings (SSSR count). The Morgan fingerprint density at radius 3 is 1.21 bits per heavy atom. The minimum atomic E-state index is -1.56. The van der Waals surface area contributed by atoms with Gasteiger partial charge in [0.1, 0.15) is 30.5 Å². The van der Waals surface area contributed by atoms with Gasteiger partial charge >= 0.3 is 5.97 Å². The van der Waals surface area contributed by atoms with Crippen molar-refractivity contribution in [2.45, 2.75) is 218 Å². The van der Waals surface area contributed by atoms with Gasteiger partial charge in [-0.15, -0.1) is 0 Å². The summed E-state index contributed by atoms with van der Waals surface area (Å²) in [6, 6.07) is 0. The number of rotatable bonds is 46. The molecule has 9 heteroatoms. The number of aliphatic hydroxyl groups is 4. The van der Waals surface area contributed by atoms with Crippen LogP contribution in [0.1, 0.15) is 181 Å². The van der Waals surface area contributed by atoms with Gasteiger partial charge in [0.05, 0.1) is 19.8 Å².